The van der Waals surface area contributed by atoms with E-state index >= 15 is 8.78 Å². The fraction of sp³-hybridized carbons (Fsp3) is 0.509. The molecular weight excluding hydrogens is 1130 g/mol. The molecular formula is C55H64F10N10O9. The number of ether oxygens (including phenoxy) is 3. The van der Waals surface area contributed by atoms with Crippen molar-refractivity contribution in [3.05, 3.63) is 101 Å². The van der Waals surface area contributed by atoms with Crippen molar-refractivity contribution in [2.75, 3.05) is 45.4 Å². The molecule has 2 aromatic carbocycles. The van der Waals surface area contributed by atoms with E-state index in [9.17, 15) is 64.2 Å². The van der Waals surface area contributed by atoms with E-state index in [0.29, 0.717) is 54.9 Å². The molecule has 0 saturated carbocycles. The summed E-state index contributed by atoms with van der Waals surface area (Å²) in [5.74, 6) is 2.34. The number of anilines is 1. The van der Waals surface area contributed by atoms with Crippen molar-refractivity contribution in [1.29, 1.82) is 0 Å². The lowest BCUT2D eigenvalue weighted by molar-refractivity contribution is -0.220. The van der Waals surface area contributed by atoms with Gasteiger partial charge in [-0.2, -0.15) is 40.2 Å². The van der Waals surface area contributed by atoms with E-state index in [1.54, 1.807) is 35.8 Å². The summed E-state index contributed by atoms with van der Waals surface area (Å²) in [6.45, 7) is 1.02. The topological polar surface area (TPSA) is 245 Å². The summed E-state index contributed by atoms with van der Waals surface area (Å²) in [4.78, 5) is 69.5. The van der Waals surface area contributed by atoms with Gasteiger partial charge in [0.1, 0.15) is 35.6 Å². The third-order valence-corrected chi connectivity index (χ3v) is 14.8. The van der Waals surface area contributed by atoms with Crippen LogP contribution in [0.4, 0.5) is 59.3 Å². The molecule has 2 unspecified atom stereocenters. The number of piperazine rings is 1. The van der Waals surface area contributed by atoms with Crippen LogP contribution in [0, 0.1) is 34.3 Å². The first kappa shape index (κ1) is 65.4. The second-order valence-electron chi connectivity index (χ2n) is 21.3. The summed E-state index contributed by atoms with van der Waals surface area (Å²) in [7, 11) is 1.88. The number of benzene rings is 2. The Hall–Kier alpha value is -7.71. The summed E-state index contributed by atoms with van der Waals surface area (Å²) in [6, 6.07) is 6.98. The SMILES string of the molecule is COC(=O)N[C@H](C(=O)N[C@@H](Cc1ccc(C#Cc2ccc(N3CC4CCC(C3)N4C(=O)[C@@H]3CCCO3)nc2)cc1)[C@@H](O)CNCc1c(F)cc(-c2cnn(C(F)F)c2)cc1F)C(C)(C)C(F)(F)F.COC(=O)N[C@H](C(N)=O)C(C)(C)C(F)(F)F. The number of carbonyl (C=O) groups excluding carboxylic acids is 5. The first-order chi connectivity index (χ1) is 39.4. The molecule has 2 aromatic heterocycles. The van der Waals surface area contributed by atoms with Gasteiger partial charge in [0.15, 0.2) is 0 Å². The number of halogens is 10. The third-order valence-electron chi connectivity index (χ3n) is 14.8. The minimum absolute atomic E-state index is 0.0339. The number of pyridine rings is 1. The maximum atomic E-state index is 15.2. The van der Waals surface area contributed by atoms with Crippen molar-refractivity contribution < 1.29 is 87.2 Å². The van der Waals surface area contributed by atoms with Gasteiger partial charge in [0.2, 0.25) is 11.8 Å². The summed E-state index contributed by atoms with van der Waals surface area (Å²) in [6.07, 6.45) is -7.11. The largest absolute Gasteiger partial charge is 0.453 e. The van der Waals surface area contributed by atoms with Gasteiger partial charge in [-0.3, -0.25) is 14.4 Å². The number of alkyl halides is 8. The van der Waals surface area contributed by atoms with E-state index in [-0.39, 0.29) is 41.6 Å². The van der Waals surface area contributed by atoms with Crippen LogP contribution >= 0.6 is 0 Å². The van der Waals surface area contributed by atoms with E-state index in [4.69, 9.17) is 10.5 Å². The summed E-state index contributed by atoms with van der Waals surface area (Å²) in [5, 5.41) is 23.7. The number of aromatic nitrogens is 3. The zero-order chi connectivity index (χ0) is 62.1. The predicted octanol–water partition coefficient (Wildman–Crippen LogP) is 6.65. The van der Waals surface area contributed by atoms with Crippen LogP contribution in [0.5, 0.6) is 0 Å². The Labute approximate surface area is 476 Å². The quantitative estimate of drug-likeness (QED) is 0.0452. The minimum atomic E-state index is -4.99. The molecule has 5 amide bonds. The number of alkyl carbamates (subject to hydrolysis) is 2. The third kappa shape index (κ3) is 15.9. The normalized spacial score (nSPS) is 18.5. The van der Waals surface area contributed by atoms with E-state index in [2.05, 4.69) is 46.9 Å². The highest BCUT2D eigenvalue weighted by atomic mass is 19.4. The van der Waals surface area contributed by atoms with Crippen LogP contribution < -0.4 is 31.9 Å². The average Bonchev–Trinajstić information content (AvgIpc) is 2.81. The zero-order valence-corrected chi connectivity index (χ0v) is 46.3. The molecule has 3 fully saturated rings. The Kier molecular flexibility index (Phi) is 21.3. The molecule has 7 rings (SSSR count). The number of nitrogens with two attached hydrogens (primary N) is 1. The molecule has 3 aliphatic rings. The fourth-order valence-corrected chi connectivity index (χ4v) is 9.59. The van der Waals surface area contributed by atoms with Crippen LogP contribution in [-0.4, -0.2) is 150 Å². The summed E-state index contributed by atoms with van der Waals surface area (Å²) < 4.78 is 151. The van der Waals surface area contributed by atoms with Crippen molar-refractivity contribution in [2.24, 2.45) is 16.6 Å². The van der Waals surface area contributed by atoms with Crippen molar-refractivity contribution in [3.8, 4) is 23.0 Å². The molecule has 84 heavy (non-hydrogen) atoms. The molecule has 0 radical (unpaired) electrons. The molecule has 7 N–H and O–H groups in total. The zero-order valence-electron chi connectivity index (χ0n) is 46.3. The van der Waals surface area contributed by atoms with Crippen LogP contribution in [0.1, 0.15) is 82.2 Å². The molecule has 3 aliphatic heterocycles. The minimum Gasteiger partial charge on any atom is -0.453 e. The highest BCUT2D eigenvalue weighted by Crippen LogP contribution is 2.42. The molecule has 7 atom stereocenters. The first-order valence-corrected chi connectivity index (χ1v) is 26.2. The van der Waals surface area contributed by atoms with E-state index in [1.807, 2.05) is 22.3 Å². The molecule has 19 nitrogen and oxygen atoms in total. The van der Waals surface area contributed by atoms with Gasteiger partial charge in [-0.15, -0.1) is 0 Å². The number of aliphatic hydroxyl groups is 1. The standard InChI is InChI=1S/C47H51F7N8O6.C8H13F3N2O3/c1-46(2,47(52,53)54)41(59-45(66)67-3)42(64)58-37(38(63)23-55-22-34-35(48)18-30(19-36(34)49)31-21-57-61(24-31)44(50)51)17-28-9-6-27(7-10-28)8-11-29-12-15-40(56-20-29)60-25-32-13-14-33(26-60)62(32)43(65)39-5-4-16-68-39;1-7(2,8(9,10)11)4(5(12)14)13-6(15)16-3/h6-7,9-10,12,15,18-21,24,32-33,37-39,41,44,55,63H,4-5,13-14,16-17,22-23,25-26H2,1-3H3,(H,58,64)(H,59,66);4H,1-3H3,(H2,12,14)(H,13,15)/t32?,33?,37-,38-,39-,41+;4-/m01/s1. The molecule has 4 aromatic rings. The van der Waals surface area contributed by atoms with Crippen LogP contribution in [0.15, 0.2) is 67.1 Å². The van der Waals surface area contributed by atoms with Gasteiger partial charge in [-0.05, 0) is 107 Å². The molecule has 5 heterocycles. The van der Waals surface area contributed by atoms with Crippen LogP contribution in [0.2, 0.25) is 0 Å². The number of hydrogen-bond acceptors (Lipinski definition) is 13. The van der Waals surface area contributed by atoms with E-state index in [0.717, 1.165) is 84.1 Å². The number of primary amides is 1. The van der Waals surface area contributed by atoms with Crippen LogP contribution in [-0.2, 0) is 41.6 Å². The van der Waals surface area contributed by atoms with Gasteiger partial charge in [0.25, 0.3) is 5.91 Å². The summed E-state index contributed by atoms with van der Waals surface area (Å²) >= 11 is 0. The van der Waals surface area contributed by atoms with E-state index < -0.39 is 108 Å². The lowest BCUT2D eigenvalue weighted by atomic mass is 9.82. The second kappa shape index (κ2) is 27.3. The van der Waals surface area contributed by atoms with Crippen LogP contribution in [0.3, 0.4) is 0 Å². The van der Waals surface area contributed by atoms with Gasteiger partial charge < -0.3 is 56.1 Å². The smallest absolute Gasteiger partial charge is 0.407 e. The Bertz CT molecular complexity index is 2980. The Morgan fingerprint density at radius 2 is 1.35 bits per heavy atom. The molecule has 0 aliphatic carbocycles. The van der Waals surface area contributed by atoms with Gasteiger partial charge in [-0.1, -0.05) is 24.0 Å². The highest BCUT2D eigenvalue weighted by Gasteiger charge is 2.57. The number of aliphatic hydroxyl groups excluding tert-OH is 1. The Balaban J connectivity index is 0.000000616. The number of fused-ring (bicyclic) bond motifs is 2. The predicted molar refractivity (Wildman–Crippen MR) is 281 cm³/mol. The van der Waals surface area contributed by atoms with Crippen molar-refractivity contribution in [2.45, 2.75) is 128 Å². The second-order valence-corrected chi connectivity index (χ2v) is 21.3. The number of hydrogen-bond donors (Lipinski definition) is 6. The number of methoxy groups -OCH3 is 2. The lowest BCUT2D eigenvalue weighted by Crippen LogP contribution is -2.62. The molecule has 3 saturated heterocycles. The van der Waals surface area contributed by atoms with Crippen LogP contribution in [0.25, 0.3) is 11.1 Å². The van der Waals surface area contributed by atoms with Gasteiger partial charge in [-0.25, -0.2) is 28.0 Å². The van der Waals surface area contributed by atoms with Gasteiger partial charge >= 0.3 is 31.1 Å². The monoisotopic (exact) mass is 1200 g/mol. The van der Waals surface area contributed by atoms with Gasteiger partial charge in [0, 0.05) is 79.5 Å². The van der Waals surface area contributed by atoms with Crippen molar-refractivity contribution in [3.63, 3.8) is 0 Å². The maximum absolute atomic E-state index is 15.2. The number of nitrogens with one attached hydrogen (secondary N) is 4. The average molecular weight is 1200 g/mol. The van der Waals surface area contributed by atoms with Gasteiger partial charge in [0.05, 0.1) is 43.4 Å². The van der Waals surface area contributed by atoms with Crippen molar-refractivity contribution >= 4 is 35.7 Å². The lowest BCUT2D eigenvalue weighted by Gasteiger charge is -2.42. The molecule has 29 heteroatoms. The summed E-state index contributed by atoms with van der Waals surface area (Å²) in [5.41, 5.74) is 0.745. The number of carbonyl (C=O) groups is 5. The molecule has 2 bridgehead atoms. The first-order valence-electron chi connectivity index (χ1n) is 26.2. The Morgan fingerprint density at radius 3 is 1.85 bits per heavy atom. The molecule has 458 valence electrons. The molecule has 0 spiro atoms. The number of nitrogens with zero attached hydrogens (tertiary/aromatic N) is 5. The number of rotatable bonds is 18. The van der Waals surface area contributed by atoms with Crippen molar-refractivity contribution in [1.82, 2.24) is 40.9 Å². The highest BCUT2D eigenvalue weighted by molar-refractivity contribution is 5.87. The van der Waals surface area contributed by atoms with E-state index in [1.165, 1.54) is 0 Å². The fourth-order valence-electron chi connectivity index (χ4n) is 9.59. The number of amides is 5. The Morgan fingerprint density at radius 1 is 0.786 bits per heavy atom. The maximum Gasteiger partial charge on any atom is 0.407 e.